The van der Waals surface area contributed by atoms with Gasteiger partial charge in [-0.3, -0.25) is 10.1 Å². The lowest BCUT2D eigenvalue weighted by Crippen LogP contribution is -2.15. The van der Waals surface area contributed by atoms with E-state index in [4.69, 9.17) is 25.8 Å². The van der Waals surface area contributed by atoms with Gasteiger partial charge in [-0.1, -0.05) is 23.7 Å². The van der Waals surface area contributed by atoms with Crippen molar-refractivity contribution in [1.29, 1.82) is 0 Å². The molecule has 0 saturated carbocycles. The second-order valence-electron chi connectivity index (χ2n) is 6.09. The molecule has 0 spiro atoms. The summed E-state index contributed by atoms with van der Waals surface area (Å²) < 4.78 is 15.9. The fraction of sp³-hybridized carbons (Fsp3) is 0.158. The molecule has 10 heteroatoms. The molecule has 1 aromatic heterocycles. The molecule has 1 aliphatic rings. The van der Waals surface area contributed by atoms with Crippen LogP contribution in [-0.4, -0.2) is 22.7 Å². The summed E-state index contributed by atoms with van der Waals surface area (Å²) in [7, 11) is 0. The van der Waals surface area contributed by atoms with Gasteiger partial charge in [0.2, 0.25) is 0 Å². The molecule has 0 saturated heterocycles. The quantitative estimate of drug-likeness (QED) is 0.330. The highest BCUT2D eigenvalue weighted by molar-refractivity contribution is 7.13. The Labute approximate surface area is 173 Å². The molecule has 2 heterocycles. The van der Waals surface area contributed by atoms with Crippen LogP contribution in [0.25, 0.3) is 10.6 Å². The zero-order chi connectivity index (χ0) is 20.4. The number of nitro groups is 1. The van der Waals surface area contributed by atoms with Gasteiger partial charge in [0, 0.05) is 39.2 Å². The number of thiazole rings is 1. The lowest BCUT2D eigenvalue weighted by molar-refractivity contribution is -0.385. The van der Waals surface area contributed by atoms with E-state index in [0.717, 1.165) is 5.56 Å². The number of fused-ring (bicyclic) bond motifs is 1. The number of halogens is 1. The van der Waals surface area contributed by atoms with E-state index < -0.39 is 10.9 Å². The minimum absolute atomic E-state index is 0.0286. The van der Waals surface area contributed by atoms with Crippen LogP contribution in [0.5, 0.6) is 5.75 Å². The minimum atomic E-state index is -0.637. The normalized spacial score (nSPS) is 12.7. The highest BCUT2D eigenvalue weighted by atomic mass is 35.5. The number of nitro benzene ring substituents is 1. The molecule has 0 unspecified atom stereocenters. The first-order chi connectivity index (χ1) is 14.0. The Balaban J connectivity index is 1.52. The fourth-order valence-electron chi connectivity index (χ4n) is 2.83. The van der Waals surface area contributed by atoms with E-state index in [1.165, 1.54) is 23.5 Å². The zero-order valence-corrected chi connectivity index (χ0v) is 16.4. The van der Waals surface area contributed by atoms with Gasteiger partial charge in [0.15, 0.2) is 12.5 Å². The molecule has 1 aliphatic heterocycles. The molecule has 148 valence electrons. The van der Waals surface area contributed by atoms with Gasteiger partial charge in [-0.05, 0) is 12.1 Å². The monoisotopic (exact) mass is 432 g/mol. The summed E-state index contributed by atoms with van der Waals surface area (Å²) in [5.74, 6) is -0.200. The predicted molar refractivity (Wildman–Crippen MR) is 105 cm³/mol. The molecule has 0 fully saturated rings. The number of hydrogen-bond donors (Lipinski definition) is 0. The predicted octanol–water partition coefficient (Wildman–Crippen LogP) is 4.60. The van der Waals surface area contributed by atoms with Crippen molar-refractivity contribution >= 4 is 34.6 Å². The number of aromatic nitrogens is 1. The van der Waals surface area contributed by atoms with Crippen molar-refractivity contribution in [3.63, 3.8) is 0 Å². The summed E-state index contributed by atoms with van der Waals surface area (Å²) in [6.07, 6.45) is 0. The van der Waals surface area contributed by atoms with Gasteiger partial charge in [-0.15, -0.1) is 11.3 Å². The smallest absolute Gasteiger partial charge is 0.358 e. The number of carbonyl (C=O) groups is 1. The number of carbonyl (C=O) groups excluding carboxylic acids is 1. The summed E-state index contributed by atoms with van der Waals surface area (Å²) in [5.41, 5.74) is 1.75. The van der Waals surface area contributed by atoms with E-state index in [1.54, 1.807) is 23.6 Å². The molecule has 0 aliphatic carbocycles. The Morgan fingerprint density at radius 3 is 3.00 bits per heavy atom. The zero-order valence-electron chi connectivity index (χ0n) is 14.8. The lowest BCUT2D eigenvalue weighted by Gasteiger charge is -2.20. The first-order valence-electron chi connectivity index (χ1n) is 8.40. The van der Waals surface area contributed by atoms with E-state index in [1.807, 2.05) is 6.07 Å². The topological polar surface area (TPSA) is 101 Å². The van der Waals surface area contributed by atoms with E-state index in [-0.39, 0.29) is 31.4 Å². The van der Waals surface area contributed by atoms with Gasteiger partial charge >= 0.3 is 5.97 Å². The molecular weight excluding hydrogens is 420 g/mol. The van der Waals surface area contributed by atoms with Crippen LogP contribution < -0.4 is 4.74 Å². The highest BCUT2D eigenvalue weighted by Crippen LogP contribution is 2.33. The molecule has 8 nitrogen and oxygen atoms in total. The van der Waals surface area contributed by atoms with Gasteiger partial charge in [0.1, 0.15) is 17.4 Å². The van der Waals surface area contributed by atoms with Gasteiger partial charge in [0.25, 0.3) is 5.69 Å². The number of nitrogens with zero attached hydrogens (tertiary/aromatic N) is 2. The fourth-order valence-corrected chi connectivity index (χ4v) is 3.81. The Morgan fingerprint density at radius 1 is 1.34 bits per heavy atom. The van der Waals surface area contributed by atoms with Crippen molar-refractivity contribution in [3.8, 4) is 16.3 Å². The molecule has 3 aromatic rings. The Kier molecular flexibility index (Phi) is 5.43. The maximum Gasteiger partial charge on any atom is 0.358 e. The Morgan fingerprint density at radius 2 is 2.21 bits per heavy atom. The van der Waals surface area contributed by atoms with Crippen molar-refractivity contribution in [2.24, 2.45) is 0 Å². The molecule has 0 amide bonds. The third-order valence-corrected chi connectivity index (χ3v) is 5.25. The summed E-state index contributed by atoms with van der Waals surface area (Å²) in [5, 5.41) is 13.9. The van der Waals surface area contributed by atoms with E-state index in [9.17, 15) is 14.9 Å². The molecular formula is C19H13ClN2O6S. The van der Waals surface area contributed by atoms with Gasteiger partial charge in [0.05, 0.1) is 11.5 Å². The first-order valence-corrected chi connectivity index (χ1v) is 9.66. The SMILES string of the molecule is O=C(OCc1cc([N+](=O)[O-])cc2c1OCOC2)c1csc(-c2cccc(Cl)c2)n1. The average molecular weight is 433 g/mol. The number of rotatable bonds is 5. The molecule has 29 heavy (non-hydrogen) atoms. The largest absolute Gasteiger partial charge is 0.467 e. The number of esters is 1. The summed E-state index contributed by atoms with van der Waals surface area (Å²) in [6, 6.07) is 9.86. The van der Waals surface area contributed by atoms with E-state index in [0.29, 0.717) is 26.9 Å². The lowest BCUT2D eigenvalue weighted by atomic mass is 10.1. The van der Waals surface area contributed by atoms with E-state index >= 15 is 0 Å². The Bertz CT molecular complexity index is 1100. The molecule has 0 radical (unpaired) electrons. The second kappa shape index (κ2) is 8.16. The van der Waals surface area contributed by atoms with Crippen LogP contribution in [-0.2, 0) is 22.7 Å². The molecule has 0 atom stereocenters. The number of benzene rings is 2. The number of non-ortho nitro benzene ring substituents is 1. The van der Waals surface area contributed by atoms with Crippen LogP contribution in [0, 0.1) is 10.1 Å². The second-order valence-corrected chi connectivity index (χ2v) is 7.38. The minimum Gasteiger partial charge on any atom is -0.467 e. The van der Waals surface area contributed by atoms with Crippen LogP contribution in [0.15, 0.2) is 41.8 Å². The molecule has 2 aromatic carbocycles. The van der Waals surface area contributed by atoms with Crippen molar-refractivity contribution in [2.75, 3.05) is 6.79 Å². The van der Waals surface area contributed by atoms with Crippen LogP contribution >= 0.6 is 22.9 Å². The van der Waals surface area contributed by atoms with Gasteiger partial charge < -0.3 is 14.2 Å². The third-order valence-electron chi connectivity index (χ3n) is 4.13. The van der Waals surface area contributed by atoms with Crippen LogP contribution in [0.1, 0.15) is 21.6 Å². The van der Waals surface area contributed by atoms with Crippen LogP contribution in [0.4, 0.5) is 5.69 Å². The third kappa shape index (κ3) is 4.21. The van der Waals surface area contributed by atoms with Gasteiger partial charge in [-0.25, -0.2) is 9.78 Å². The molecule has 0 bridgehead atoms. The first kappa shape index (κ1) is 19.3. The maximum atomic E-state index is 12.4. The van der Waals surface area contributed by atoms with Crippen molar-refractivity contribution < 1.29 is 23.9 Å². The van der Waals surface area contributed by atoms with Gasteiger partial charge in [-0.2, -0.15) is 0 Å². The number of hydrogen-bond acceptors (Lipinski definition) is 8. The van der Waals surface area contributed by atoms with Crippen LogP contribution in [0.2, 0.25) is 5.02 Å². The summed E-state index contributed by atoms with van der Waals surface area (Å²) in [4.78, 5) is 27.3. The average Bonchev–Trinajstić information content (AvgIpc) is 3.22. The highest BCUT2D eigenvalue weighted by Gasteiger charge is 2.22. The van der Waals surface area contributed by atoms with E-state index in [2.05, 4.69) is 4.98 Å². The summed E-state index contributed by atoms with van der Waals surface area (Å²) >= 11 is 7.28. The van der Waals surface area contributed by atoms with Crippen molar-refractivity contribution in [1.82, 2.24) is 4.98 Å². The van der Waals surface area contributed by atoms with Crippen LogP contribution in [0.3, 0.4) is 0 Å². The molecule has 0 N–H and O–H groups in total. The maximum absolute atomic E-state index is 12.4. The number of ether oxygens (including phenoxy) is 3. The standard InChI is InChI=1S/C19H13ClN2O6S/c20-14-3-1-2-11(4-14)18-21-16(9-29-18)19(23)27-8-13-6-15(22(24)25)5-12-7-26-10-28-17(12)13/h1-6,9H,7-8,10H2. The summed E-state index contributed by atoms with van der Waals surface area (Å²) in [6.45, 7) is 0.0285. The Hall–Kier alpha value is -3.01. The van der Waals surface area contributed by atoms with Crippen molar-refractivity contribution in [3.05, 3.63) is 73.7 Å². The van der Waals surface area contributed by atoms with Crippen molar-refractivity contribution in [2.45, 2.75) is 13.2 Å². The molecule has 4 rings (SSSR count).